The second-order valence-electron chi connectivity index (χ2n) is 4.65. The number of hydrogen-bond acceptors (Lipinski definition) is 3. The van der Waals surface area contributed by atoms with E-state index in [1.54, 1.807) is 0 Å². The minimum atomic E-state index is 0.693. The van der Waals surface area contributed by atoms with E-state index in [4.69, 9.17) is 0 Å². The third kappa shape index (κ3) is 1.96. The molecule has 0 amide bonds. The molecule has 2 unspecified atom stereocenters. The van der Waals surface area contributed by atoms with Crippen LogP contribution in [-0.2, 0) is 0 Å². The van der Waals surface area contributed by atoms with Crippen molar-refractivity contribution in [2.24, 2.45) is 0 Å². The zero-order valence-electron chi connectivity index (χ0n) is 9.27. The normalized spacial score (nSPS) is 29.2. The van der Waals surface area contributed by atoms with Crippen molar-refractivity contribution in [2.45, 2.75) is 18.9 Å². The van der Waals surface area contributed by atoms with Gasteiger partial charge >= 0.3 is 0 Å². The maximum absolute atomic E-state index is 4.26. The SMILES string of the molecule is Brc1cncc(N2CCN3CCCC2C3)c1. The quantitative estimate of drug-likeness (QED) is 0.786. The lowest BCUT2D eigenvalue weighted by Crippen LogP contribution is -2.56. The van der Waals surface area contributed by atoms with Crippen molar-refractivity contribution in [1.82, 2.24) is 9.88 Å². The number of nitrogens with zero attached hydrogens (tertiary/aromatic N) is 3. The fourth-order valence-corrected chi connectivity index (χ4v) is 3.17. The number of piperidine rings is 1. The standard InChI is InChI=1S/C12H16BrN3/c13-10-6-12(8-14-7-10)16-5-4-15-3-1-2-11(16)9-15/h6-8,11H,1-5,9H2. The molecule has 2 bridgehead atoms. The van der Waals surface area contributed by atoms with Crippen molar-refractivity contribution in [2.75, 3.05) is 31.1 Å². The Morgan fingerprint density at radius 3 is 3.06 bits per heavy atom. The van der Waals surface area contributed by atoms with Crippen LogP contribution in [0.3, 0.4) is 0 Å². The van der Waals surface area contributed by atoms with Crippen molar-refractivity contribution >= 4 is 21.6 Å². The van der Waals surface area contributed by atoms with Crippen LogP contribution in [0, 0.1) is 0 Å². The molecule has 2 aliphatic heterocycles. The maximum Gasteiger partial charge on any atom is 0.0567 e. The number of aromatic nitrogens is 1. The highest BCUT2D eigenvalue weighted by molar-refractivity contribution is 9.10. The number of pyridine rings is 1. The van der Waals surface area contributed by atoms with E-state index in [1.165, 1.54) is 38.2 Å². The summed E-state index contributed by atoms with van der Waals surface area (Å²) in [6, 6.07) is 2.87. The zero-order valence-corrected chi connectivity index (χ0v) is 10.9. The Hall–Kier alpha value is -0.610. The average molecular weight is 282 g/mol. The Morgan fingerprint density at radius 2 is 2.19 bits per heavy atom. The van der Waals surface area contributed by atoms with Crippen LogP contribution in [-0.4, -0.2) is 42.1 Å². The highest BCUT2D eigenvalue weighted by atomic mass is 79.9. The fraction of sp³-hybridized carbons (Fsp3) is 0.583. The smallest absolute Gasteiger partial charge is 0.0567 e. The Bertz CT molecular complexity index is 382. The Kier molecular flexibility index (Phi) is 2.86. The van der Waals surface area contributed by atoms with Gasteiger partial charge in [0, 0.05) is 36.3 Å². The molecule has 16 heavy (non-hydrogen) atoms. The van der Waals surface area contributed by atoms with Crippen LogP contribution >= 0.6 is 15.9 Å². The van der Waals surface area contributed by atoms with Crippen LogP contribution in [0.2, 0.25) is 0 Å². The van der Waals surface area contributed by atoms with Gasteiger partial charge in [-0.1, -0.05) is 0 Å². The van der Waals surface area contributed by atoms with E-state index < -0.39 is 0 Å². The number of halogens is 1. The van der Waals surface area contributed by atoms with Crippen LogP contribution in [0.25, 0.3) is 0 Å². The molecule has 1 aromatic heterocycles. The van der Waals surface area contributed by atoms with E-state index in [2.05, 4.69) is 36.8 Å². The van der Waals surface area contributed by atoms with Gasteiger partial charge in [-0.25, -0.2) is 0 Å². The van der Waals surface area contributed by atoms with Gasteiger partial charge in [0.2, 0.25) is 0 Å². The molecule has 0 N–H and O–H groups in total. The molecule has 4 heteroatoms. The van der Waals surface area contributed by atoms with Gasteiger partial charge in [-0.2, -0.15) is 0 Å². The van der Waals surface area contributed by atoms with Gasteiger partial charge in [0.15, 0.2) is 0 Å². The Morgan fingerprint density at radius 1 is 1.25 bits per heavy atom. The van der Waals surface area contributed by atoms with E-state index in [-0.39, 0.29) is 0 Å². The molecule has 0 aromatic carbocycles. The zero-order chi connectivity index (χ0) is 11.0. The highest BCUT2D eigenvalue weighted by Crippen LogP contribution is 2.27. The molecule has 0 spiro atoms. The first-order valence-electron chi connectivity index (χ1n) is 5.92. The van der Waals surface area contributed by atoms with Crippen LogP contribution < -0.4 is 4.90 Å². The summed E-state index contributed by atoms with van der Waals surface area (Å²) < 4.78 is 1.07. The first kappa shape index (κ1) is 10.5. The molecule has 1 aromatic rings. The second-order valence-corrected chi connectivity index (χ2v) is 5.57. The molecule has 2 fully saturated rings. The van der Waals surface area contributed by atoms with E-state index >= 15 is 0 Å². The number of hydrogen-bond donors (Lipinski definition) is 0. The van der Waals surface area contributed by atoms with E-state index in [9.17, 15) is 0 Å². The first-order valence-corrected chi connectivity index (χ1v) is 6.72. The summed E-state index contributed by atoms with van der Waals surface area (Å²) in [5, 5.41) is 0. The van der Waals surface area contributed by atoms with Crippen molar-refractivity contribution in [3.05, 3.63) is 22.9 Å². The predicted molar refractivity (Wildman–Crippen MR) is 68.7 cm³/mol. The summed E-state index contributed by atoms with van der Waals surface area (Å²) in [6.45, 7) is 4.86. The second kappa shape index (κ2) is 4.34. The minimum absolute atomic E-state index is 0.693. The molecular weight excluding hydrogens is 266 g/mol. The van der Waals surface area contributed by atoms with Crippen LogP contribution in [0.1, 0.15) is 12.8 Å². The summed E-state index contributed by atoms with van der Waals surface area (Å²) >= 11 is 3.50. The Labute approximate surface area is 105 Å². The molecule has 3 nitrogen and oxygen atoms in total. The van der Waals surface area contributed by atoms with Gasteiger partial charge in [0.1, 0.15) is 0 Å². The third-order valence-corrected chi connectivity index (χ3v) is 4.03. The molecule has 3 rings (SSSR count). The predicted octanol–water partition coefficient (Wildman–Crippen LogP) is 2.13. The number of fused-ring (bicyclic) bond motifs is 2. The van der Waals surface area contributed by atoms with E-state index in [0.717, 1.165) is 11.0 Å². The van der Waals surface area contributed by atoms with Gasteiger partial charge in [0.05, 0.1) is 11.9 Å². The maximum atomic E-state index is 4.26. The molecule has 2 aliphatic rings. The minimum Gasteiger partial charge on any atom is -0.365 e. The van der Waals surface area contributed by atoms with Crippen molar-refractivity contribution < 1.29 is 0 Å². The van der Waals surface area contributed by atoms with E-state index in [0.29, 0.717) is 6.04 Å². The topological polar surface area (TPSA) is 19.4 Å². The van der Waals surface area contributed by atoms with Gasteiger partial charge in [-0.15, -0.1) is 0 Å². The third-order valence-electron chi connectivity index (χ3n) is 3.60. The molecule has 2 atom stereocenters. The summed E-state index contributed by atoms with van der Waals surface area (Å²) in [5.74, 6) is 0. The van der Waals surface area contributed by atoms with Crippen molar-refractivity contribution in [1.29, 1.82) is 0 Å². The van der Waals surface area contributed by atoms with Crippen LogP contribution in [0.5, 0.6) is 0 Å². The fourth-order valence-electron chi connectivity index (χ4n) is 2.82. The van der Waals surface area contributed by atoms with Gasteiger partial charge in [-0.05, 0) is 41.4 Å². The van der Waals surface area contributed by atoms with Gasteiger partial charge < -0.3 is 4.90 Å². The van der Waals surface area contributed by atoms with Crippen molar-refractivity contribution in [3.63, 3.8) is 0 Å². The Balaban J connectivity index is 1.84. The lowest BCUT2D eigenvalue weighted by molar-refractivity contribution is 0.174. The largest absolute Gasteiger partial charge is 0.365 e. The summed E-state index contributed by atoms with van der Waals surface area (Å²) in [5.41, 5.74) is 1.26. The lowest BCUT2D eigenvalue weighted by Gasteiger charge is -2.46. The molecule has 2 saturated heterocycles. The molecule has 0 aliphatic carbocycles. The number of rotatable bonds is 1. The first-order chi connectivity index (χ1) is 7.83. The molecule has 0 saturated carbocycles. The van der Waals surface area contributed by atoms with Crippen molar-refractivity contribution in [3.8, 4) is 0 Å². The van der Waals surface area contributed by atoms with Crippen LogP contribution in [0.15, 0.2) is 22.9 Å². The van der Waals surface area contributed by atoms with Gasteiger partial charge in [0.25, 0.3) is 0 Å². The highest BCUT2D eigenvalue weighted by Gasteiger charge is 2.30. The monoisotopic (exact) mass is 281 g/mol. The summed E-state index contributed by atoms with van der Waals surface area (Å²) in [7, 11) is 0. The van der Waals surface area contributed by atoms with Crippen LogP contribution in [0.4, 0.5) is 5.69 Å². The van der Waals surface area contributed by atoms with Gasteiger partial charge in [-0.3, -0.25) is 9.88 Å². The molecular formula is C12H16BrN3. The lowest BCUT2D eigenvalue weighted by atomic mass is 10.0. The molecule has 3 heterocycles. The molecule has 86 valence electrons. The average Bonchev–Trinajstić information content (AvgIpc) is 2.29. The summed E-state index contributed by atoms with van der Waals surface area (Å²) in [6.07, 6.45) is 6.49. The van der Waals surface area contributed by atoms with E-state index in [1.807, 2.05) is 12.4 Å². The number of anilines is 1. The number of piperazine rings is 1. The molecule has 0 radical (unpaired) electrons. The summed E-state index contributed by atoms with van der Waals surface area (Å²) in [4.78, 5) is 9.36.